The Bertz CT molecular complexity index is 2800. The van der Waals surface area contributed by atoms with E-state index in [9.17, 15) is 19.2 Å². The molecule has 10 rings (SSSR count). The highest BCUT2D eigenvalue weighted by Gasteiger charge is 2.38. The maximum Gasteiger partial charge on any atom is 0.410 e. The van der Waals surface area contributed by atoms with Gasteiger partial charge in [0.1, 0.15) is 35.3 Å². The van der Waals surface area contributed by atoms with Gasteiger partial charge in [0.25, 0.3) is 5.91 Å². The number of aromatic nitrogens is 7. The number of nitrogens with two attached hydrogens (primary N) is 1. The van der Waals surface area contributed by atoms with Gasteiger partial charge in [-0.3, -0.25) is 24.6 Å². The van der Waals surface area contributed by atoms with Crippen molar-refractivity contribution in [1.29, 1.82) is 0 Å². The number of piperazine rings is 1. The summed E-state index contributed by atoms with van der Waals surface area (Å²) in [5.74, 6) is -0.271. The number of benzene rings is 1. The fraction of sp³-hybridized carbons (Fsp3) is 0.551. The van der Waals surface area contributed by atoms with Crippen molar-refractivity contribution >= 4 is 52.0 Å². The second-order valence-electron chi connectivity index (χ2n) is 20.5. The predicted molar refractivity (Wildman–Crippen MR) is 257 cm³/mol. The Hall–Kier alpha value is -6.84. The Balaban J connectivity index is 0.668. The number of nitrogens with one attached hydrogen (secondary N) is 1. The van der Waals surface area contributed by atoms with Gasteiger partial charge in [-0.1, -0.05) is 5.16 Å². The number of carbonyl (C=O) groups is 4. The Labute approximate surface area is 409 Å². The number of piperidine rings is 3. The molecule has 22 heteroatoms. The minimum atomic E-state index is -0.699. The topological polar surface area (TPSA) is 227 Å². The fourth-order valence-electron chi connectivity index (χ4n) is 10.5. The van der Waals surface area contributed by atoms with Crippen molar-refractivity contribution in [1.82, 2.24) is 54.9 Å². The number of hydrogen-bond donors (Lipinski definition) is 2. The second kappa shape index (κ2) is 19.4. The van der Waals surface area contributed by atoms with E-state index in [0.717, 1.165) is 43.6 Å². The Morgan fingerprint density at radius 3 is 2.18 bits per heavy atom. The lowest BCUT2D eigenvalue weighted by Gasteiger charge is -2.40. The normalized spacial score (nSPS) is 19.9. The average molecular weight is 979 g/mol. The summed E-state index contributed by atoms with van der Waals surface area (Å²) in [6, 6.07) is 1.79. The molecule has 1 saturated carbocycles. The van der Waals surface area contributed by atoms with Crippen LogP contribution >= 0.6 is 0 Å². The number of ether oxygens (including phenoxy) is 1. The maximum absolute atomic E-state index is 15.4. The van der Waals surface area contributed by atoms with Crippen LogP contribution in [0.4, 0.5) is 30.8 Å². The van der Waals surface area contributed by atoms with E-state index in [2.05, 4.69) is 25.3 Å². The van der Waals surface area contributed by atoms with Crippen molar-refractivity contribution in [2.24, 2.45) is 5.92 Å². The lowest BCUT2D eigenvalue weighted by atomic mass is 9.91. The molecule has 1 aliphatic carbocycles. The number of halogens is 2. The molecule has 4 amide bonds. The molecule has 5 aliphatic rings. The number of nitrogen functional groups attached to an aromatic ring is 1. The van der Waals surface area contributed by atoms with Crippen LogP contribution in [0.2, 0.25) is 0 Å². The van der Waals surface area contributed by atoms with Gasteiger partial charge in [-0.25, -0.2) is 38.2 Å². The molecule has 1 unspecified atom stereocenters. The molecule has 8 heterocycles. The molecule has 3 N–H and O–H groups in total. The molecule has 20 nitrogen and oxygen atoms in total. The van der Waals surface area contributed by atoms with Crippen molar-refractivity contribution in [2.45, 2.75) is 95.6 Å². The summed E-state index contributed by atoms with van der Waals surface area (Å²) in [6.45, 7) is 10.8. The number of carbonyl (C=O) groups excluding carboxylic acids is 4. The van der Waals surface area contributed by atoms with Crippen LogP contribution in [0.15, 0.2) is 35.4 Å². The molecule has 5 fully saturated rings. The number of anilines is 3. The van der Waals surface area contributed by atoms with Crippen molar-refractivity contribution in [3.8, 4) is 22.8 Å². The third-order valence-corrected chi connectivity index (χ3v) is 14.7. The number of amides is 4. The summed E-state index contributed by atoms with van der Waals surface area (Å²) in [7, 11) is 1.59. The van der Waals surface area contributed by atoms with Crippen LogP contribution in [0.1, 0.15) is 95.3 Å². The standard InChI is InChI=1S/C49H60F2N14O6/c1-49(2,3)65-46-39(44(52)55-27-56-46)40(58-65)41-38(43(71-59-41)30-5-6-30)45-53-23-31(24-54-45)29-11-15-64(16-12-29)48(69)70-26-37(67)62-13-9-28(10-14-62)25-61-17-19-63(20-18-61)42-33(50)21-32(22-34(42)51)60(4)35-7-8-36(66)57-47(35)68/h21-24,27-30,35H,5-20,25-26H2,1-4H3,(H2,52,55,56)(H,57,66,68). The van der Waals surface area contributed by atoms with Crippen molar-refractivity contribution in [3.63, 3.8) is 0 Å². The van der Waals surface area contributed by atoms with Gasteiger partial charge in [0.05, 0.1) is 16.5 Å². The summed E-state index contributed by atoms with van der Waals surface area (Å²) in [4.78, 5) is 77.6. The van der Waals surface area contributed by atoms with Crippen LogP contribution in [0.5, 0.6) is 0 Å². The first-order valence-electron chi connectivity index (χ1n) is 24.7. The van der Waals surface area contributed by atoms with Crippen LogP contribution in [0, 0.1) is 17.6 Å². The van der Waals surface area contributed by atoms with Gasteiger partial charge in [0.15, 0.2) is 35.5 Å². The summed E-state index contributed by atoms with van der Waals surface area (Å²) in [5.41, 5.74) is 9.40. The third-order valence-electron chi connectivity index (χ3n) is 14.7. The summed E-state index contributed by atoms with van der Waals surface area (Å²) < 4.78 is 44.2. The third kappa shape index (κ3) is 9.81. The van der Waals surface area contributed by atoms with E-state index < -0.39 is 35.2 Å². The van der Waals surface area contributed by atoms with Gasteiger partial charge in [-0.15, -0.1) is 0 Å². The molecule has 4 saturated heterocycles. The summed E-state index contributed by atoms with van der Waals surface area (Å²) in [5, 5.41) is 12.3. The number of rotatable bonds is 11. The van der Waals surface area contributed by atoms with Crippen LogP contribution in [0.3, 0.4) is 0 Å². The Morgan fingerprint density at radius 1 is 0.859 bits per heavy atom. The van der Waals surface area contributed by atoms with Gasteiger partial charge in [-0.05, 0) is 95.2 Å². The highest BCUT2D eigenvalue weighted by Crippen LogP contribution is 2.48. The van der Waals surface area contributed by atoms with E-state index in [1.807, 2.05) is 37.8 Å². The van der Waals surface area contributed by atoms with E-state index >= 15 is 8.78 Å². The van der Waals surface area contributed by atoms with Crippen molar-refractivity contribution < 1.29 is 37.2 Å². The molecular formula is C49H60F2N14O6. The lowest BCUT2D eigenvalue weighted by Crippen LogP contribution is -2.51. The number of likely N-dealkylation sites (tertiary alicyclic amines) is 2. The highest BCUT2D eigenvalue weighted by molar-refractivity contribution is 6.02. The molecular weight excluding hydrogens is 919 g/mol. The Kier molecular flexibility index (Phi) is 13.1. The van der Waals surface area contributed by atoms with Gasteiger partial charge in [0, 0.05) is 96.4 Å². The van der Waals surface area contributed by atoms with Crippen molar-refractivity contribution in [2.75, 3.05) is 88.1 Å². The highest BCUT2D eigenvalue weighted by atomic mass is 19.1. The second-order valence-corrected chi connectivity index (χ2v) is 20.5. The van der Waals surface area contributed by atoms with E-state index in [4.69, 9.17) is 30.1 Å². The van der Waals surface area contributed by atoms with E-state index in [0.29, 0.717) is 111 Å². The number of fused-ring (bicyclic) bond motifs is 1. The van der Waals surface area contributed by atoms with Gasteiger partial charge < -0.3 is 34.6 Å². The van der Waals surface area contributed by atoms with E-state index in [1.54, 1.807) is 21.7 Å². The van der Waals surface area contributed by atoms with Gasteiger partial charge >= 0.3 is 6.09 Å². The molecule has 0 bridgehead atoms. The molecule has 5 aromatic rings. The quantitative estimate of drug-likeness (QED) is 0.165. The zero-order chi connectivity index (χ0) is 49.7. The first-order valence-corrected chi connectivity index (χ1v) is 24.7. The number of likely N-dealkylation sites (N-methyl/N-ethyl adjacent to an activating group) is 1. The van der Waals surface area contributed by atoms with Crippen molar-refractivity contribution in [3.05, 3.63) is 53.8 Å². The Morgan fingerprint density at radius 2 is 1.54 bits per heavy atom. The van der Waals surface area contributed by atoms with E-state index in [1.165, 1.54) is 23.4 Å². The zero-order valence-electron chi connectivity index (χ0n) is 40.6. The van der Waals surface area contributed by atoms with Crippen LogP contribution in [0.25, 0.3) is 33.8 Å². The largest absolute Gasteiger partial charge is 0.439 e. The minimum absolute atomic E-state index is 0.0832. The van der Waals surface area contributed by atoms with Crippen LogP contribution < -0.4 is 20.9 Å². The first-order chi connectivity index (χ1) is 34.1. The SMILES string of the molecule is CN(c1cc(F)c(N2CCN(CC3CCN(C(=O)COC(=O)N4CCC(c5cnc(-c6c(-c7nn(C(C)(C)C)c8ncnc(N)c78)noc6C6CC6)nc5)CC4)CC3)CC2)c(F)c1)C1CCC(=O)NC1=O. The maximum atomic E-state index is 15.4. The molecule has 0 radical (unpaired) electrons. The molecule has 4 aliphatic heterocycles. The number of imide groups is 1. The lowest BCUT2D eigenvalue weighted by molar-refractivity contribution is -0.136. The minimum Gasteiger partial charge on any atom is -0.439 e. The van der Waals surface area contributed by atoms with Gasteiger partial charge in [0.2, 0.25) is 11.8 Å². The van der Waals surface area contributed by atoms with Crippen LogP contribution in [-0.4, -0.2) is 152 Å². The summed E-state index contributed by atoms with van der Waals surface area (Å²) in [6.07, 6.45) is 9.95. The fourth-order valence-corrected chi connectivity index (χ4v) is 10.5. The van der Waals surface area contributed by atoms with Crippen LogP contribution in [-0.2, 0) is 24.7 Å². The molecule has 1 aromatic carbocycles. The number of hydrogen-bond acceptors (Lipinski definition) is 16. The zero-order valence-corrected chi connectivity index (χ0v) is 40.6. The smallest absolute Gasteiger partial charge is 0.410 e. The van der Waals surface area contributed by atoms with Gasteiger partial charge in [-0.2, -0.15) is 5.10 Å². The predicted octanol–water partition coefficient (Wildman–Crippen LogP) is 5.05. The average Bonchev–Trinajstić information content (AvgIpc) is 3.98. The molecule has 376 valence electrons. The monoisotopic (exact) mass is 978 g/mol. The molecule has 0 spiro atoms. The molecule has 1 atom stereocenters. The van der Waals surface area contributed by atoms with E-state index in [-0.39, 0.29) is 54.5 Å². The first kappa shape index (κ1) is 47.8. The molecule has 71 heavy (non-hydrogen) atoms. The summed E-state index contributed by atoms with van der Waals surface area (Å²) >= 11 is 0. The number of nitrogens with zero attached hydrogens (tertiary/aromatic N) is 12. The molecule has 4 aromatic heterocycles.